The second-order valence-electron chi connectivity index (χ2n) is 5.87. The van der Waals surface area contributed by atoms with E-state index in [-0.39, 0.29) is 0 Å². The van der Waals surface area contributed by atoms with Crippen molar-refractivity contribution >= 4 is 33.3 Å². The zero-order chi connectivity index (χ0) is 14.1. The van der Waals surface area contributed by atoms with Gasteiger partial charge in [0.15, 0.2) is 0 Å². The number of nitrogens with zero attached hydrogens (tertiary/aromatic N) is 2. The molecule has 1 aliphatic heterocycles. The minimum Gasteiger partial charge on any atom is -0.377 e. The molecular formula is C16H20N2OS2. The number of aryl methyl sites for hydroxylation is 2. The van der Waals surface area contributed by atoms with Gasteiger partial charge in [0.1, 0.15) is 16.2 Å². The number of ether oxygens (including phenoxy) is 1. The summed E-state index contributed by atoms with van der Waals surface area (Å²) in [5, 5.41) is 2.52. The smallest absolute Gasteiger partial charge is 0.128 e. The predicted molar refractivity (Wildman–Crippen MR) is 88.4 cm³/mol. The molecule has 0 saturated carbocycles. The van der Waals surface area contributed by atoms with E-state index >= 15 is 0 Å². The van der Waals surface area contributed by atoms with Crippen LogP contribution >= 0.6 is 23.1 Å². The molecule has 1 saturated heterocycles. The minimum atomic E-state index is 0.406. The molecule has 2 aliphatic rings. The van der Waals surface area contributed by atoms with Crippen molar-refractivity contribution in [1.82, 2.24) is 9.97 Å². The van der Waals surface area contributed by atoms with Crippen molar-refractivity contribution in [2.45, 2.75) is 56.1 Å². The van der Waals surface area contributed by atoms with Crippen molar-refractivity contribution in [2.75, 3.05) is 12.4 Å². The average Bonchev–Trinajstić information content (AvgIpc) is 2.93. The Morgan fingerprint density at radius 2 is 2.14 bits per heavy atom. The Morgan fingerprint density at radius 3 is 3.05 bits per heavy atom. The zero-order valence-electron chi connectivity index (χ0n) is 12.1. The molecule has 0 N–H and O–H groups in total. The van der Waals surface area contributed by atoms with Crippen molar-refractivity contribution in [3.05, 3.63) is 16.8 Å². The molecule has 2 aromatic heterocycles. The Kier molecular flexibility index (Phi) is 4.14. The standard InChI is InChI=1S/C16H20N2OS2/c1-2-7-13-12(6-1)14-15(17-10-18-16(14)21-13)20-9-11-5-3-4-8-19-11/h10-11H,1-9H2. The molecule has 1 atom stereocenters. The van der Waals surface area contributed by atoms with Gasteiger partial charge in [0, 0.05) is 22.6 Å². The van der Waals surface area contributed by atoms with Crippen LogP contribution in [0.2, 0.25) is 0 Å². The van der Waals surface area contributed by atoms with E-state index in [1.807, 2.05) is 23.1 Å². The summed E-state index contributed by atoms with van der Waals surface area (Å²) < 4.78 is 5.84. The maximum Gasteiger partial charge on any atom is 0.128 e. The molecule has 0 amide bonds. The first-order valence-corrected chi connectivity index (χ1v) is 9.71. The Morgan fingerprint density at radius 1 is 1.19 bits per heavy atom. The van der Waals surface area contributed by atoms with Crippen LogP contribution < -0.4 is 0 Å². The highest BCUT2D eigenvalue weighted by molar-refractivity contribution is 7.99. The Balaban J connectivity index is 1.60. The van der Waals surface area contributed by atoms with E-state index in [2.05, 4.69) is 9.97 Å². The van der Waals surface area contributed by atoms with Gasteiger partial charge in [-0.15, -0.1) is 23.1 Å². The zero-order valence-corrected chi connectivity index (χ0v) is 13.8. The van der Waals surface area contributed by atoms with E-state index in [0.717, 1.165) is 12.4 Å². The molecule has 0 aromatic carbocycles. The van der Waals surface area contributed by atoms with E-state index in [0.29, 0.717) is 6.10 Å². The van der Waals surface area contributed by atoms with Gasteiger partial charge in [-0.3, -0.25) is 0 Å². The van der Waals surface area contributed by atoms with Gasteiger partial charge in [-0.2, -0.15) is 0 Å². The van der Waals surface area contributed by atoms with Gasteiger partial charge in [0.05, 0.1) is 6.10 Å². The number of rotatable bonds is 3. The van der Waals surface area contributed by atoms with Gasteiger partial charge in [0.2, 0.25) is 0 Å². The van der Waals surface area contributed by atoms with Crippen molar-refractivity contribution in [3.8, 4) is 0 Å². The lowest BCUT2D eigenvalue weighted by atomic mass is 9.97. The third-order valence-corrected chi connectivity index (χ3v) is 6.72. The van der Waals surface area contributed by atoms with Crippen LogP contribution in [0, 0.1) is 0 Å². The fourth-order valence-electron chi connectivity index (χ4n) is 3.28. The summed E-state index contributed by atoms with van der Waals surface area (Å²) in [5.74, 6) is 1.02. The van der Waals surface area contributed by atoms with Crippen molar-refractivity contribution < 1.29 is 4.74 Å². The summed E-state index contributed by atoms with van der Waals surface area (Å²) in [6.07, 6.45) is 10.9. The molecule has 0 bridgehead atoms. The number of thiophene rings is 1. The largest absolute Gasteiger partial charge is 0.377 e. The summed E-state index contributed by atoms with van der Waals surface area (Å²) in [4.78, 5) is 11.8. The van der Waals surface area contributed by atoms with Crippen LogP contribution in [0.5, 0.6) is 0 Å². The highest BCUT2D eigenvalue weighted by Crippen LogP contribution is 2.39. The minimum absolute atomic E-state index is 0.406. The fraction of sp³-hybridized carbons (Fsp3) is 0.625. The summed E-state index contributed by atoms with van der Waals surface area (Å²) in [7, 11) is 0. The lowest BCUT2D eigenvalue weighted by Crippen LogP contribution is -2.21. The Bertz CT molecular complexity index is 634. The summed E-state index contributed by atoms with van der Waals surface area (Å²) in [5.41, 5.74) is 1.54. The van der Waals surface area contributed by atoms with Crippen LogP contribution in [0.25, 0.3) is 10.2 Å². The van der Waals surface area contributed by atoms with E-state index in [4.69, 9.17) is 4.74 Å². The number of fused-ring (bicyclic) bond motifs is 3. The molecule has 112 valence electrons. The molecule has 4 rings (SSSR count). The lowest BCUT2D eigenvalue weighted by Gasteiger charge is -2.22. The third-order valence-electron chi connectivity index (χ3n) is 4.40. The number of thioether (sulfide) groups is 1. The van der Waals surface area contributed by atoms with Crippen LogP contribution in [0.1, 0.15) is 42.5 Å². The molecule has 0 radical (unpaired) electrons. The van der Waals surface area contributed by atoms with Crippen LogP contribution in [0.3, 0.4) is 0 Å². The van der Waals surface area contributed by atoms with Gasteiger partial charge >= 0.3 is 0 Å². The Hall–Kier alpha value is -0.650. The fourth-order valence-corrected chi connectivity index (χ4v) is 5.67. The molecule has 1 unspecified atom stereocenters. The van der Waals surface area contributed by atoms with Crippen molar-refractivity contribution in [2.24, 2.45) is 0 Å². The normalized spacial score (nSPS) is 22.4. The van der Waals surface area contributed by atoms with Crippen LogP contribution in [0.15, 0.2) is 11.4 Å². The SMILES string of the molecule is c1nc(SCC2CCCCO2)c2c3c(sc2n1)CCCC3. The number of hydrogen-bond acceptors (Lipinski definition) is 5. The highest BCUT2D eigenvalue weighted by atomic mass is 32.2. The van der Waals surface area contributed by atoms with Crippen molar-refractivity contribution in [3.63, 3.8) is 0 Å². The molecular weight excluding hydrogens is 300 g/mol. The number of hydrogen-bond donors (Lipinski definition) is 0. The molecule has 1 fully saturated rings. The molecule has 3 nitrogen and oxygen atoms in total. The maximum atomic E-state index is 5.84. The molecule has 3 heterocycles. The van der Waals surface area contributed by atoms with Crippen LogP contribution in [-0.2, 0) is 17.6 Å². The predicted octanol–water partition coefficient (Wildman–Crippen LogP) is 4.23. The van der Waals surface area contributed by atoms with E-state index in [1.54, 1.807) is 11.2 Å². The van der Waals surface area contributed by atoms with Gasteiger partial charge < -0.3 is 4.74 Å². The first-order valence-electron chi connectivity index (χ1n) is 7.91. The first-order chi connectivity index (χ1) is 10.4. The van der Waals surface area contributed by atoms with E-state index in [9.17, 15) is 0 Å². The van der Waals surface area contributed by atoms with Crippen molar-refractivity contribution in [1.29, 1.82) is 0 Å². The maximum absolute atomic E-state index is 5.84. The second-order valence-corrected chi connectivity index (χ2v) is 7.96. The lowest BCUT2D eigenvalue weighted by molar-refractivity contribution is 0.0315. The molecule has 0 spiro atoms. The third kappa shape index (κ3) is 2.83. The van der Waals surface area contributed by atoms with Gasteiger partial charge in [-0.05, 0) is 50.5 Å². The molecule has 1 aliphatic carbocycles. The molecule has 2 aromatic rings. The summed E-state index contributed by atoms with van der Waals surface area (Å²) >= 11 is 3.74. The summed E-state index contributed by atoms with van der Waals surface area (Å²) in [6.45, 7) is 0.929. The first kappa shape index (κ1) is 14.0. The van der Waals surface area contributed by atoms with E-state index < -0.39 is 0 Å². The van der Waals surface area contributed by atoms with Gasteiger partial charge in [-0.25, -0.2) is 9.97 Å². The van der Waals surface area contributed by atoms with Crippen LogP contribution in [-0.4, -0.2) is 28.4 Å². The van der Waals surface area contributed by atoms with Gasteiger partial charge in [-0.1, -0.05) is 0 Å². The topological polar surface area (TPSA) is 35.0 Å². The quantitative estimate of drug-likeness (QED) is 0.626. The average molecular weight is 320 g/mol. The molecule has 21 heavy (non-hydrogen) atoms. The van der Waals surface area contributed by atoms with Gasteiger partial charge in [0.25, 0.3) is 0 Å². The second kappa shape index (κ2) is 6.23. The Labute approximate surface area is 133 Å². The molecule has 5 heteroatoms. The highest BCUT2D eigenvalue weighted by Gasteiger charge is 2.21. The monoisotopic (exact) mass is 320 g/mol. The van der Waals surface area contributed by atoms with Crippen LogP contribution in [0.4, 0.5) is 0 Å². The van der Waals surface area contributed by atoms with E-state index in [1.165, 1.54) is 65.8 Å². The summed E-state index contributed by atoms with van der Waals surface area (Å²) in [6, 6.07) is 0. The number of aromatic nitrogens is 2.